The Kier molecular flexibility index (Phi) is 4.59. The van der Waals surface area contributed by atoms with Crippen LogP contribution in [-0.4, -0.2) is 11.2 Å². The van der Waals surface area contributed by atoms with Crippen LogP contribution >= 0.6 is 0 Å². The molecule has 1 N–H and O–H groups in total. The molecule has 0 saturated carbocycles. The van der Waals surface area contributed by atoms with Crippen LogP contribution in [0.3, 0.4) is 0 Å². The Morgan fingerprint density at radius 1 is 0.950 bits per heavy atom. The first kappa shape index (κ1) is 14.4. The molecule has 0 saturated heterocycles. The first-order valence-electron chi connectivity index (χ1n) is 6.78. The number of benzene rings is 2. The average molecular weight is 268 g/mol. The van der Waals surface area contributed by atoms with Gasteiger partial charge in [-0.2, -0.15) is 0 Å². The van der Waals surface area contributed by atoms with Crippen LogP contribution in [0.4, 0.5) is 0 Å². The summed E-state index contributed by atoms with van der Waals surface area (Å²) in [6.45, 7) is 7.61. The molecule has 1 atom stereocenters. The summed E-state index contributed by atoms with van der Waals surface area (Å²) in [6, 6.07) is 15.9. The van der Waals surface area contributed by atoms with Crippen molar-refractivity contribution in [3.05, 3.63) is 66.7 Å². The SMILES string of the molecule is C=CC(O)c1ccc(-c2ccc(OC(C)C)cc2)cc1. The van der Waals surface area contributed by atoms with E-state index in [2.05, 4.69) is 6.58 Å². The van der Waals surface area contributed by atoms with Gasteiger partial charge in [-0.15, -0.1) is 6.58 Å². The lowest BCUT2D eigenvalue weighted by molar-refractivity contribution is 0.229. The van der Waals surface area contributed by atoms with E-state index in [9.17, 15) is 5.11 Å². The van der Waals surface area contributed by atoms with E-state index in [1.807, 2.05) is 62.4 Å². The molecule has 2 aromatic rings. The van der Waals surface area contributed by atoms with E-state index >= 15 is 0 Å². The standard InChI is InChI=1S/C18H20O2/c1-4-18(19)16-7-5-14(6-8-16)15-9-11-17(12-10-15)20-13(2)3/h4-13,18-19H,1H2,2-3H3. The molecule has 0 aliphatic rings. The number of hydrogen-bond acceptors (Lipinski definition) is 2. The summed E-state index contributed by atoms with van der Waals surface area (Å²) in [5.74, 6) is 0.877. The molecule has 0 aliphatic carbocycles. The summed E-state index contributed by atoms with van der Waals surface area (Å²) < 4.78 is 5.63. The molecule has 0 fully saturated rings. The third kappa shape index (κ3) is 3.49. The molecule has 0 radical (unpaired) electrons. The van der Waals surface area contributed by atoms with Gasteiger partial charge in [0.1, 0.15) is 5.75 Å². The molecule has 2 heteroatoms. The van der Waals surface area contributed by atoms with Crippen LogP contribution in [0.5, 0.6) is 5.75 Å². The third-order valence-corrected chi connectivity index (χ3v) is 3.03. The van der Waals surface area contributed by atoms with Crippen molar-refractivity contribution >= 4 is 0 Å². The minimum atomic E-state index is -0.606. The van der Waals surface area contributed by atoms with Crippen molar-refractivity contribution in [3.63, 3.8) is 0 Å². The van der Waals surface area contributed by atoms with E-state index in [-0.39, 0.29) is 6.10 Å². The van der Waals surface area contributed by atoms with Crippen molar-refractivity contribution in [1.29, 1.82) is 0 Å². The Balaban J connectivity index is 2.17. The van der Waals surface area contributed by atoms with Crippen molar-refractivity contribution in [2.75, 3.05) is 0 Å². The predicted octanol–water partition coefficient (Wildman–Crippen LogP) is 4.36. The Morgan fingerprint density at radius 2 is 1.45 bits per heavy atom. The molecule has 2 rings (SSSR count). The molecular formula is C18H20O2. The Morgan fingerprint density at radius 3 is 1.90 bits per heavy atom. The highest BCUT2D eigenvalue weighted by Crippen LogP contribution is 2.24. The zero-order chi connectivity index (χ0) is 14.5. The van der Waals surface area contributed by atoms with Crippen LogP contribution in [0.25, 0.3) is 11.1 Å². The van der Waals surface area contributed by atoms with Crippen LogP contribution in [0.2, 0.25) is 0 Å². The summed E-state index contributed by atoms with van der Waals surface area (Å²) >= 11 is 0. The fourth-order valence-corrected chi connectivity index (χ4v) is 2.01. The minimum Gasteiger partial charge on any atom is -0.491 e. The van der Waals surface area contributed by atoms with Gasteiger partial charge in [0.2, 0.25) is 0 Å². The molecule has 0 bridgehead atoms. The highest BCUT2D eigenvalue weighted by molar-refractivity contribution is 5.64. The number of ether oxygens (including phenoxy) is 1. The highest BCUT2D eigenvalue weighted by Gasteiger charge is 2.04. The lowest BCUT2D eigenvalue weighted by Gasteiger charge is -2.11. The van der Waals surface area contributed by atoms with Crippen LogP contribution < -0.4 is 4.74 Å². The average Bonchev–Trinajstić information content (AvgIpc) is 2.47. The molecular weight excluding hydrogens is 248 g/mol. The number of aliphatic hydroxyl groups is 1. The van der Waals surface area contributed by atoms with E-state index in [0.29, 0.717) is 0 Å². The summed E-state index contributed by atoms with van der Waals surface area (Å²) in [6.07, 6.45) is 1.10. The van der Waals surface area contributed by atoms with E-state index in [1.54, 1.807) is 0 Å². The van der Waals surface area contributed by atoms with Gasteiger partial charge >= 0.3 is 0 Å². The van der Waals surface area contributed by atoms with Crippen molar-refractivity contribution in [3.8, 4) is 16.9 Å². The van der Waals surface area contributed by atoms with Gasteiger partial charge in [-0.25, -0.2) is 0 Å². The minimum absolute atomic E-state index is 0.181. The summed E-state index contributed by atoms with van der Waals surface area (Å²) in [5.41, 5.74) is 3.09. The van der Waals surface area contributed by atoms with Gasteiger partial charge in [0, 0.05) is 0 Å². The van der Waals surface area contributed by atoms with Crippen LogP contribution in [0, 0.1) is 0 Å². The van der Waals surface area contributed by atoms with Crippen LogP contribution in [0.1, 0.15) is 25.5 Å². The molecule has 2 nitrogen and oxygen atoms in total. The fraction of sp³-hybridized carbons (Fsp3) is 0.222. The number of aliphatic hydroxyl groups excluding tert-OH is 1. The second-order valence-corrected chi connectivity index (χ2v) is 4.99. The normalized spacial score (nSPS) is 12.2. The highest BCUT2D eigenvalue weighted by atomic mass is 16.5. The summed E-state index contributed by atoms with van der Waals surface area (Å²) in [4.78, 5) is 0. The Hall–Kier alpha value is -2.06. The number of hydrogen-bond donors (Lipinski definition) is 1. The molecule has 0 aliphatic heterocycles. The Labute approximate surface area is 120 Å². The maximum absolute atomic E-state index is 9.68. The van der Waals surface area contributed by atoms with Crippen molar-refractivity contribution in [1.82, 2.24) is 0 Å². The molecule has 1 unspecified atom stereocenters. The van der Waals surface area contributed by atoms with Gasteiger partial charge in [-0.05, 0) is 42.7 Å². The van der Waals surface area contributed by atoms with Gasteiger partial charge < -0.3 is 9.84 Å². The van der Waals surface area contributed by atoms with Crippen molar-refractivity contribution in [2.45, 2.75) is 26.1 Å². The van der Waals surface area contributed by atoms with Gasteiger partial charge in [0.15, 0.2) is 0 Å². The molecule has 2 aromatic carbocycles. The Bertz CT molecular complexity index is 553. The zero-order valence-corrected chi connectivity index (χ0v) is 11.9. The quantitative estimate of drug-likeness (QED) is 0.816. The summed E-state index contributed by atoms with van der Waals surface area (Å²) in [7, 11) is 0. The molecule has 104 valence electrons. The molecule has 0 spiro atoms. The molecule has 20 heavy (non-hydrogen) atoms. The first-order valence-corrected chi connectivity index (χ1v) is 6.78. The molecule has 0 heterocycles. The zero-order valence-electron chi connectivity index (χ0n) is 11.9. The molecule has 0 aromatic heterocycles. The second-order valence-electron chi connectivity index (χ2n) is 4.99. The van der Waals surface area contributed by atoms with E-state index in [4.69, 9.17) is 4.74 Å². The maximum Gasteiger partial charge on any atom is 0.119 e. The number of rotatable bonds is 5. The summed E-state index contributed by atoms with van der Waals surface area (Å²) in [5, 5.41) is 9.68. The topological polar surface area (TPSA) is 29.5 Å². The van der Waals surface area contributed by atoms with E-state index < -0.39 is 6.10 Å². The third-order valence-electron chi connectivity index (χ3n) is 3.03. The monoisotopic (exact) mass is 268 g/mol. The maximum atomic E-state index is 9.68. The van der Waals surface area contributed by atoms with Crippen LogP contribution in [0.15, 0.2) is 61.2 Å². The van der Waals surface area contributed by atoms with E-state index in [1.165, 1.54) is 6.08 Å². The van der Waals surface area contributed by atoms with Crippen molar-refractivity contribution < 1.29 is 9.84 Å². The van der Waals surface area contributed by atoms with Crippen molar-refractivity contribution in [2.24, 2.45) is 0 Å². The lowest BCUT2D eigenvalue weighted by atomic mass is 10.0. The predicted molar refractivity (Wildman–Crippen MR) is 82.8 cm³/mol. The smallest absolute Gasteiger partial charge is 0.119 e. The van der Waals surface area contributed by atoms with Crippen LogP contribution in [-0.2, 0) is 0 Å². The largest absolute Gasteiger partial charge is 0.491 e. The van der Waals surface area contributed by atoms with Gasteiger partial charge in [0.05, 0.1) is 12.2 Å². The van der Waals surface area contributed by atoms with Gasteiger partial charge in [0.25, 0.3) is 0 Å². The fourth-order valence-electron chi connectivity index (χ4n) is 2.01. The lowest BCUT2D eigenvalue weighted by Crippen LogP contribution is -2.05. The van der Waals surface area contributed by atoms with Gasteiger partial charge in [-0.3, -0.25) is 0 Å². The van der Waals surface area contributed by atoms with E-state index in [0.717, 1.165) is 22.4 Å². The first-order chi connectivity index (χ1) is 9.60. The molecule has 0 amide bonds. The van der Waals surface area contributed by atoms with Gasteiger partial charge in [-0.1, -0.05) is 42.5 Å². The second kappa shape index (κ2) is 6.40.